The standard InChI is InChI=1S/C4H6O.C3H3Br.CH4O/c1-3-4-5-2;1-2-3-4;1-2/h1H,4H2,2H3;1H,3H2;2H,1H3. The molecule has 0 aromatic rings. The number of ether oxygens (including phenoxy) is 1. The Morgan fingerprint density at radius 2 is 1.73 bits per heavy atom. The molecule has 0 unspecified atom stereocenters. The predicted molar refractivity (Wildman–Crippen MR) is 51.5 cm³/mol. The van der Waals surface area contributed by atoms with Gasteiger partial charge in [0.1, 0.15) is 6.61 Å². The van der Waals surface area contributed by atoms with E-state index in [2.05, 4.69) is 32.5 Å². The van der Waals surface area contributed by atoms with E-state index < -0.39 is 0 Å². The topological polar surface area (TPSA) is 29.5 Å². The van der Waals surface area contributed by atoms with E-state index in [9.17, 15) is 0 Å². The predicted octanol–water partition coefficient (Wildman–Crippen LogP) is 0.889. The maximum absolute atomic E-state index is 7.00. The van der Waals surface area contributed by atoms with Gasteiger partial charge in [-0.05, 0) is 0 Å². The second-order valence-corrected chi connectivity index (χ2v) is 1.54. The molecule has 2 nitrogen and oxygen atoms in total. The zero-order valence-electron chi connectivity index (χ0n) is 6.80. The van der Waals surface area contributed by atoms with Gasteiger partial charge in [0.2, 0.25) is 0 Å². The molecule has 0 saturated carbocycles. The summed E-state index contributed by atoms with van der Waals surface area (Å²) in [6, 6.07) is 0. The minimum atomic E-state index is 0.417. The zero-order valence-corrected chi connectivity index (χ0v) is 8.39. The van der Waals surface area contributed by atoms with Crippen molar-refractivity contribution < 1.29 is 9.84 Å². The van der Waals surface area contributed by atoms with Crippen LogP contribution < -0.4 is 0 Å². The second-order valence-electron chi connectivity index (χ2n) is 0.975. The molecule has 0 heterocycles. The fourth-order valence-corrected chi connectivity index (χ4v) is 0.0833. The van der Waals surface area contributed by atoms with Crippen LogP contribution in [0.1, 0.15) is 0 Å². The molecule has 11 heavy (non-hydrogen) atoms. The maximum Gasteiger partial charge on any atom is 0.107 e. The number of methoxy groups -OCH3 is 1. The van der Waals surface area contributed by atoms with E-state index in [0.717, 1.165) is 7.11 Å². The number of aliphatic hydroxyl groups excluding tert-OH is 1. The quantitative estimate of drug-likeness (QED) is 0.526. The van der Waals surface area contributed by atoms with Gasteiger partial charge in [0.15, 0.2) is 0 Å². The van der Waals surface area contributed by atoms with Crippen LogP contribution in [0.3, 0.4) is 0 Å². The molecule has 1 N–H and O–H groups in total. The monoisotopic (exact) mass is 220 g/mol. The molecule has 3 heteroatoms. The Bertz CT molecular complexity index is 110. The van der Waals surface area contributed by atoms with Crippen molar-refractivity contribution in [3.63, 3.8) is 0 Å². The lowest BCUT2D eigenvalue weighted by Crippen LogP contribution is -1.77. The highest BCUT2D eigenvalue weighted by Crippen LogP contribution is 1.68. The Hall–Kier alpha value is -0.480. The van der Waals surface area contributed by atoms with Crippen molar-refractivity contribution in [2.75, 3.05) is 26.2 Å². The van der Waals surface area contributed by atoms with Gasteiger partial charge < -0.3 is 9.84 Å². The number of halogens is 1. The Labute approximate surface area is 77.1 Å². The smallest absolute Gasteiger partial charge is 0.107 e. The summed E-state index contributed by atoms with van der Waals surface area (Å²) in [6.45, 7) is 0.417. The first kappa shape index (κ1) is 16.9. The van der Waals surface area contributed by atoms with Gasteiger partial charge in [0.05, 0.1) is 5.33 Å². The molecule has 0 bridgehead atoms. The summed E-state index contributed by atoms with van der Waals surface area (Å²) in [6.07, 6.45) is 9.49. The minimum Gasteiger partial charge on any atom is -0.400 e. The number of alkyl halides is 1. The molecule has 64 valence electrons. The highest BCUT2D eigenvalue weighted by molar-refractivity contribution is 9.09. The first-order chi connectivity index (χ1) is 5.33. The van der Waals surface area contributed by atoms with Gasteiger partial charge >= 0.3 is 0 Å². The SMILES string of the molecule is C#CCBr.C#CCOC.CO. The Morgan fingerprint density at radius 3 is 1.73 bits per heavy atom. The molecular formula is C8H13BrO2. The largest absolute Gasteiger partial charge is 0.400 e. The normalized spacial score (nSPS) is 5.27. The van der Waals surface area contributed by atoms with Crippen LogP contribution in [0.4, 0.5) is 0 Å². The van der Waals surface area contributed by atoms with Gasteiger partial charge in [-0.3, -0.25) is 0 Å². The summed E-state index contributed by atoms with van der Waals surface area (Å²) >= 11 is 3.01. The fraction of sp³-hybridized carbons (Fsp3) is 0.500. The average molecular weight is 221 g/mol. The number of rotatable bonds is 1. The highest BCUT2D eigenvalue weighted by Gasteiger charge is 1.57. The zero-order chi connectivity index (χ0) is 9.54. The summed E-state index contributed by atoms with van der Waals surface area (Å²) in [4.78, 5) is 0. The molecule has 0 amide bonds. The van der Waals surface area contributed by atoms with Crippen LogP contribution in [0.5, 0.6) is 0 Å². The van der Waals surface area contributed by atoms with E-state index >= 15 is 0 Å². The van der Waals surface area contributed by atoms with Gasteiger partial charge in [0, 0.05) is 14.2 Å². The van der Waals surface area contributed by atoms with Crippen molar-refractivity contribution in [1.29, 1.82) is 0 Å². The molecule has 0 aliphatic rings. The maximum atomic E-state index is 7.00. The summed E-state index contributed by atoms with van der Waals surface area (Å²) in [7, 11) is 2.57. The molecule has 0 spiro atoms. The Balaban J connectivity index is -0.0000000965. The lowest BCUT2D eigenvalue weighted by atomic mass is 10.8. The molecule has 0 fully saturated rings. The van der Waals surface area contributed by atoms with Crippen molar-refractivity contribution in [1.82, 2.24) is 0 Å². The van der Waals surface area contributed by atoms with Crippen LogP contribution in [0.15, 0.2) is 0 Å². The molecule has 0 aromatic heterocycles. The second kappa shape index (κ2) is 33.8. The first-order valence-corrected chi connectivity index (χ1v) is 3.82. The van der Waals surface area contributed by atoms with E-state index in [4.69, 9.17) is 18.0 Å². The Kier molecular flexibility index (Phi) is 51.8. The molecule has 0 saturated heterocycles. The van der Waals surface area contributed by atoms with E-state index in [-0.39, 0.29) is 0 Å². The van der Waals surface area contributed by atoms with Crippen LogP contribution in [-0.4, -0.2) is 31.3 Å². The molecule has 0 atom stereocenters. The summed E-state index contributed by atoms with van der Waals surface area (Å²) < 4.78 is 4.45. The lowest BCUT2D eigenvalue weighted by molar-refractivity contribution is 0.240. The molecule has 0 aromatic carbocycles. The molecule has 0 rings (SSSR count). The van der Waals surface area contributed by atoms with E-state index in [1.54, 1.807) is 7.11 Å². The third kappa shape index (κ3) is 84.8. The summed E-state index contributed by atoms with van der Waals surface area (Å²) in [5, 5.41) is 7.66. The average Bonchev–Trinajstić information content (AvgIpc) is 2.10. The van der Waals surface area contributed by atoms with Crippen LogP contribution in [0, 0.1) is 24.7 Å². The first-order valence-electron chi connectivity index (χ1n) is 2.70. The van der Waals surface area contributed by atoms with Crippen molar-refractivity contribution in [2.24, 2.45) is 0 Å². The van der Waals surface area contributed by atoms with Crippen LogP contribution >= 0.6 is 15.9 Å². The van der Waals surface area contributed by atoms with Gasteiger partial charge in [-0.15, -0.1) is 12.8 Å². The van der Waals surface area contributed by atoms with Crippen molar-refractivity contribution in [3.05, 3.63) is 0 Å². The van der Waals surface area contributed by atoms with Gasteiger partial charge in [-0.25, -0.2) is 0 Å². The van der Waals surface area contributed by atoms with Gasteiger partial charge in [0.25, 0.3) is 0 Å². The third-order valence-corrected chi connectivity index (χ3v) is 0.629. The Morgan fingerprint density at radius 1 is 1.36 bits per heavy atom. The minimum absolute atomic E-state index is 0.417. The van der Waals surface area contributed by atoms with E-state index in [0.29, 0.717) is 11.9 Å². The summed E-state index contributed by atoms with van der Waals surface area (Å²) in [5.41, 5.74) is 0. The van der Waals surface area contributed by atoms with Crippen molar-refractivity contribution in [3.8, 4) is 24.7 Å². The molecular weight excluding hydrogens is 208 g/mol. The van der Waals surface area contributed by atoms with Crippen LogP contribution in [-0.2, 0) is 4.74 Å². The number of aliphatic hydroxyl groups is 1. The fourth-order valence-electron chi connectivity index (χ4n) is 0.0833. The highest BCUT2D eigenvalue weighted by atomic mass is 79.9. The lowest BCUT2D eigenvalue weighted by Gasteiger charge is -1.76. The molecule has 0 aliphatic heterocycles. The van der Waals surface area contributed by atoms with Crippen molar-refractivity contribution in [2.45, 2.75) is 0 Å². The third-order valence-electron chi connectivity index (χ3n) is 0.305. The summed E-state index contributed by atoms with van der Waals surface area (Å²) in [5.74, 6) is 4.64. The number of hydrogen-bond acceptors (Lipinski definition) is 2. The molecule has 0 aliphatic carbocycles. The van der Waals surface area contributed by atoms with Gasteiger partial charge in [-0.2, -0.15) is 0 Å². The van der Waals surface area contributed by atoms with Crippen LogP contribution in [0.25, 0.3) is 0 Å². The number of hydrogen-bond donors (Lipinski definition) is 1. The van der Waals surface area contributed by atoms with Crippen LogP contribution in [0.2, 0.25) is 0 Å². The van der Waals surface area contributed by atoms with Crippen molar-refractivity contribution >= 4 is 15.9 Å². The number of terminal acetylenes is 2. The molecule has 0 radical (unpaired) electrons. The van der Waals surface area contributed by atoms with E-state index in [1.165, 1.54) is 0 Å². The van der Waals surface area contributed by atoms with Gasteiger partial charge in [-0.1, -0.05) is 27.8 Å². The van der Waals surface area contributed by atoms with E-state index in [1.807, 2.05) is 0 Å².